The highest BCUT2D eigenvalue weighted by Crippen LogP contribution is 2.05. The number of nitrogens with one attached hydrogen (secondary N) is 4. The van der Waals surface area contributed by atoms with Crippen LogP contribution in [0.3, 0.4) is 0 Å². The fraction of sp³-hybridized carbons (Fsp3) is 0.733. The molecule has 1 fully saturated rings. The zero-order valence-electron chi connectivity index (χ0n) is 14.8. The highest BCUT2D eigenvalue weighted by atomic mass is 32.1. The summed E-state index contributed by atoms with van der Waals surface area (Å²) < 4.78 is 0. The van der Waals surface area contributed by atoms with Gasteiger partial charge in [0.2, 0.25) is 17.7 Å². The first kappa shape index (κ1) is 23.1. The van der Waals surface area contributed by atoms with Crippen LogP contribution in [0.1, 0.15) is 19.8 Å². The van der Waals surface area contributed by atoms with Gasteiger partial charge in [-0.1, -0.05) is 0 Å². The van der Waals surface area contributed by atoms with Crippen molar-refractivity contribution in [3.63, 3.8) is 0 Å². The summed E-state index contributed by atoms with van der Waals surface area (Å²) in [5.41, 5.74) is 0. The number of aliphatic hydroxyl groups is 2. The van der Waals surface area contributed by atoms with Gasteiger partial charge < -0.3 is 36.6 Å². The average molecular weight is 406 g/mol. The summed E-state index contributed by atoms with van der Waals surface area (Å²) >= 11 is 4.02. The summed E-state index contributed by atoms with van der Waals surface area (Å²) in [6.07, 6.45) is 0.103. The molecule has 0 spiro atoms. The van der Waals surface area contributed by atoms with Crippen molar-refractivity contribution in [1.82, 2.24) is 21.3 Å². The number of carboxylic acid groups (broad SMARTS) is 1. The van der Waals surface area contributed by atoms with Crippen molar-refractivity contribution in [3.8, 4) is 0 Å². The second kappa shape index (κ2) is 11.1. The molecule has 5 unspecified atom stereocenters. The van der Waals surface area contributed by atoms with Gasteiger partial charge in [-0.2, -0.15) is 12.6 Å². The fourth-order valence-corrected chi connectivity index (χ4v) is 2.74. The summed E-state index contributed by atoms with van der Waals surface area (Å²) in [6, 6.07) is -4.50. The molecule has 3 amide bonds. The van der Waals surface area contributed by atoms with E-state index in [0.29, 0.717) is 13.0 Å². The number of aliphatic carboxylic acids is 1. The maximum absolute atomic E-state index is 12.3. The lowest BCUT2D eigenvalue weighted by Crippen LogP contribution is -2.59. The quantitative estimate of drug-likeness (QED) is 0.173. The Kier molecular flexibility index (Phi) is 9.49. The van der Waals surface area contributed by atoms with Crippen molar-refractivity contribution in [3.05, 3.63) is 0 Å². The van der Waals surface area contributed by atoms with E-state index in [1.54, 1.807) is 0 Å². The van der Waals surface area contributed by atoms with E-state index in [-0.39, 0.29) is 11.7 Å². The Bertz CT molecular complexity index is 554. The molecule has 5 atom stereocenters. The zero-order valence-corrected chi connectivity index (χ0v) is 15.7. The fourth-order valence-electron chi connectivity index (χ4n) is 2.48. The predicted octanol–water partition coefficient (Wildman–Crippen LogP) is -3.42. The monoisotopic (exact) mass is 406 g/mol. The maximum Gasteiger partial charge on any atom is 0.328 e. The lowest BCUT2D eigenvalue weighted by molar-refractivity contribution is -0.145. The van der Waals surface area contributed by atoms with Gasteiger partial charge in [-0.25, -0.2) is 4.79 Å². The van der Waals surface area contributed by atoms with Crippen LogP contribution in [-0.4, -0.2) is 88.2 Å². The molecule has 1 saturated heterocycles. The molecule has 0 aromatic heterocycles. The third-order valence-corrected chi connectivity index (χ3v) is 4.42. The van der Waals surface area contributed by atoms with Crippen LogP contribution in [0.4, 0.5) is 0 Å². The molecular weight excluding hydrogens is 380 g/mol. The molecule has 27 heavy (non-hydrogen) atoms. The molecule has 1 heterocycles. The van der Waals surface area contributed by atoms with Gasteiger partial charge in [0.25, 0.3) is 0 Å². The van der Waals surface area contributed by atoms with Crippen molar-refractivity contribution < 1.29 is 34.5 Å². The number of carbonyl (C=O) groups excluding carboxylic acids is 3. The normalized spacial score (nSPS) is 20.8. The average Bonchev–Trinajstić information content (AvgIpc) is 3.15. The minimum Gasteiger partial charge on any atom is -0.480 e. The first-order chi connectivity index (χ1) is 12.7. The molecule has 11 nitrogen and oxygen atoms in total. The van der Waals surface area contributed by atoms with Gasteiger partial charge in [0.1, 0.15) is 12.1 Å². The number of amides is 3. The van der Waals surface area contributed by atoms with E-state index in [9.17, 15) is 29.4 Å². The van der Waals surface area contributed by atoms with Gasteiger partial charge in [-0.05, 0) is 26.3 Å². The first-order valence-corrected chi connectivity index (χ1v) is 9.11. The predicted molar refractivity (Wildman–Crippen MR) is 97.1 cm³/mol. The number of rotatable bonds is 10. The van der Waals surface area contributed by atoms with Gasteiger partial charge in [0.15, 0.2) is 6.04 Å². The van der Waals surface area contributed by atoms with Gasteiger partial charge in [0, 0.05) is 5.75 Å². The number of carbonyl (C=O) groups is 4. The molecule has 7 N–H and O–H groups in total. The van der Waals surface area contributed by atoms with Crippen LogP contribution in [0.25, 0.3) is 0 Å². The maximum atomic E-state index is 12.3. The van der Waals surface area contributed by atoms with Crippen molar-refractivity contribution in [1.29, 1.82) is 0 Å². The SMILES string of the molecule is CC(O)C(NC(=O)C(CO)NC(=O)C(CS)NC(=O)C1CCCN1)C(=O)O. The molecule has 0 radical (unpaired) electrons. The van der Waals surface area contributed by atoms with Crippen LogP contribution >= 0.6 is 12.6 Å². The Morgan fingerprint density at radius 2 is 1.78 bits per heavy atom. The van der Waals surface area contributed by atoms with Crippen LogP contribution in [-0.2, 0) is 19.2 Å². The summed E-state index contributed by atoms with van der Waals surface area (Å²) in [6.45, 7) is 1.08. The molecule has 1 aliphatic heterocycles. The third kappa shape index (κ3) is 6.97. The molecule has 1 aliphatic rings. The summed E-state index contributed by atoms with van der Waals surface area (Å²) in [5, 5.41) is 37.5. The number of hydrogen-bond acceptors (Lipinski definition) is 8. The molecule has 12 heteroatoms. The second-order valence-electron chi connectivity index (χ2n) is 6.20. The van der Waals surface area contributed by atoms with Gasteiger partial charge in [-0.15, -0.1) is 0 Å². The van der Waals surface area contributed by atoms with E-state index in [1.165, 1.54) is 6.92 Å². The molecular formula is C15H26N4O7S. The van der Waals surface area contributed by atoms with E-state index in [2.05, 4.69) is 28.6 Å². The smallest absolute Gasteiger partial charge is 0.328 e. The van der Waals surface area contributed by atoms with Crippen LogP contribution in [0.5, 0.6) is 0 Å². The molecule has 0 aliphatic carbocycles. The van der Waals surface area contributed by atoms with E-state index in [1.807, 2.05) is 5.32 Å². The highest BCUT2D eigenvalue weighted by molar-refractivity contribution is 7.80. The van der Waals surface area contributed by atoms with E-state index in [4.69, 9.17) is 5.11 Å². The second-order valence-corrected chi connectivity index (χ2v) is 6.57. The lowest BCUT2D eigenvalue weighted by atomic mass is 10.1. The van der Waals surface area contributed by atoms with Crippen LogP contribution in [0.15, 0.2) is 0 Å². The number of aliphatic hydroxyl groups excluding tert-OH is 2. The van der Waals surface area contributed by atoms with Crippen molar-refractivity contribution >= 4 is 36.3 Å². The van der Waals surface area contributed by atoms with Crippen molar-refractivity contribution in [2.24, 2.45) is 0 Å². The van der Waals surface area contributed by atoms with Gasteiger partial charge >= 0.3 is 5.97 Å². The number of hydrogen-bond donors (Lipinski definition) is 8. The van der Waals surface area contributed by atoms with Crippen LogP contribution in [0, 0.1) is 0 Å². The van der Waals surface area contributed by atoms with Crippen molar-refractivity contribution in [2.45, 2.75) is 50.0 Å². The van der Waals surface area contributed by atoms with E-state index < -0.39 is 54.7 Å². The minimum atomic E-state index is -1.60. The minimum absolute atomic E-state index is 0.0461. The number of carboxylic acids is 1. The van der Waals surface area contributed by atoms with Gasteiger partial charge in [0.05, 0.1) is 18.8 Å². The Labute approximate surface area is 161 Å². The largest absolute Gasteiger partial charge is 0.480 e. The number of thiol groups is 1. The van der Waals surface area contributed by atoms with E-state index >= 15 is 0 Å². The zero-order chi connectivity index (χ0) is 20.6. The molecule has 0 aromatic rings. The third-order valence-electron chi connectivity index (χ3n) is 4.05. The Hall–Kier alpha value is -1.89. The summed E-state index contributed by atoms with van der Waals surface area (Å²) in [4.78, 5) is 47.5. The highest BCUT2D eigenvalue weighted by Gasteiger charge is 2.31. The Morgan fingerprint density at radius 1 is 1.15 bits per heavy atom. The Balaban J connectivity index is 2.67. The lowest BCUT2D eigenvalue weighted by Gasteiger charge is -2.24. The van der Waals surface area contributed by atoms with E-state index in [0.717, 1.165) is 6.42 Å². The standard InChI is InChI=1S/C15H26N4O7S/c1-7(21)11(15(25)26)19-13(23)9(5-20)17-14(24)10(6-27)18-12(22)8-3-2-4-16-8/h7-11,16,20-21,27H,2-6H2,1H3,(H,17,24)(H,18,22)(H,19,23)(H,25,26). The molecule has 0 aromatic carbocycles. The van der Waals surface area contributed by atoms with Gasteiger partial charge in [-0.3, -0.25) is 14.4 Å². The molecule has 1 rings (SSSR count). The van der Waals surface area contributed by atoms with Crippen LogP contribution < -0.4 is 21.3 Å². The summed E-state index contributed by atoms with van der Waals surface area (Å²) in [7, 11) is 0. The molecule has 0 bridgehead atoms. The molecule has 0 saturated carbocycles. The first-order valence-electron chi connectivity index (χ1n) is 8.48. The summed E-state index contributed by atoms with van der Waals surface area (Å²) in [5.74, 6) is -3.62. The topological polar surface area (TPSA) is 177 Å². The Morgan fingerprint density at radius 3 is 2.22 bits per heavy atom. The van der Waals surface area contributed by atoms with Crippen LogP contribution in [0.2, 0.25) is 0 Å². The van der Waals surface area contributed by atoms with Crippen molar-refractivity contribution in [2.75, 3.05) is 18.9 Å². The molecule has 154 valence electrons.